The van der Waals surface area contributed by atoms with E-state index >= 15 is 0 Å². The van der Waals surface area contributed by atoms with E-state index in [2.05, 4.69) is 11.2 Å². The third-order valence-electron chi connectivity index (χ3n) is 2.29. The van der Waals surface area contributed by atoms with Crippen molar-refractivity contribution < 1.29 is 9.53 Å². The first-order valence-corrected chi connectivity index (χ1v) is 5.71. The number of anilines is 1. The van der Waals surface area contributed by atoms with E-state index in [4.69, 9.17) is 16.9 Å². The molecule has 0 aliphatic carbocycles. The minimum absolute atomic E-state index is 0.272. The molecule has 96 valence electrons. The zero-order valence-corrected chi connectivity index (χ0v) is 10.9. The molecule has 0 heterocycles. The number of hydrogen-bond acceptors (Lipinski definition) is 3. The van der Waals surface area contributed by atoms with Crippen molar-refractivity contribution >= 4 is 11.6 Å². The topological polar surface area (TPSA) is 64.4 Å². The highest BCUT2D eigenvalue weighted by molar-refractivity contribution is 5.96. The van der Waals surface area contributed by atoms with Gasteiger partial charge in [-0.1, -0.05) is 5.92 Å². The van der Waals surface area contributed by atoms with Crippen LogP contribution in [0.5, 0.6) is 5.75 Å². The first kappa shape index (κ1) is 13.9. The minimum Gasteiger partial charge on any atom is -0.494 e. The number of carbonyl (C=O) groups excluding carboxylic acids is 1. The number of benzene rings is 1. The van der Waals surface area contributed by atoms with Gasteiger partial charge in [-0.3, -0.25) is 4.79 Å². The Balaban J connectivity index is 2.96. The lowest BCUT2D eigenvalue weighted by Gasteiger charge is -2.19. The maximum absolute atomic E-state index is 12.0. The normalized spacial score (nSPS) is 10.6. The molecule has 0 spiro atoms. The summed E-state index contributed by atoms with van der Waals surface area (Å²) in [7, 11) is 0. The number of amides is 1. The summed E-state index contributed by atoms with van der Waals surface area (Å²) < 4.78 is 5.33. The molecule has 1 aromatic carbocycles. The lowest BCUT2D eigenvalue weighted by atomic mass is 10.1. The van der Waals surface area contributed by atoms with Gasteiger partial charge in [-0.15, -0.1) is 6.42 Å². The van der Waals surface area contributed by atoms with Gasteiger partial charge in [0.2, 0.25) is 0 Å². The van der Waals surface area contributed by atoms with Crippen LogP contribution in [0.2, 0.25) is 0 Å². The molecule has 4 heteroatoms. The number of nitrogens with two attached hydrogens (primary N) is 1. The number of carbonyl (C=O) groups is 1. The van der Waals surface area contributed by atoms with Crippen LogP contribution in [-0.4, -0.2) is 18.1 Å². The molecule has 0 aromatic heterocycles. The second-order valence-electron chi connectivity index (χ2n) is 4.45. The molecule has 1 amide bonds. The highest BCUT2D eigenvalue weighted by Crippen LogP contribution is 2.19. The van der Waals surface area contributed by atoms with Crippen molar-refractivity contribution in [3.8, 4) is 18.1 Å². The van der Waals surface area contributed by atoms with Crippen molar-refractivity contribution in [2.75, 3.05) is 12.3 Å². The van der Waals surface area contributed by atoms with Crippen LogP contribution in [0, 0.1) is 12.3 Å². The quantitative estimate of drug-likeness (QED) is 0.629. The molecule has 1 aromatic rings. The largest absolute Gasteiger partial charge is 0.494 e. The average Bonchev–Trinajstić information content (AvgIpc) is 2.28. The molecule has 0 saturated heterocycles. The van der Waals surface area contributed by atoms with Gasteiger partial charge in [-0.25, -0.2) is 0 Å². The molecule has 0 fully saturated rings. The number of rotatable bonds is 4. The van der Waals surface area contributed by atoms with E-state index in [1.165, 1.54) is 0 Å². The van der Waals surface area contributed by atoms with Crippen LogP contribution in [0.1, 0.15) is 31.1 Å². The Hall–Kier alpha value is -2.15. The highest BCUT2D eigenvalue weighted by Gasteiger charge is 2.18. The SMILES string of the molecule is C#CC(C)(C)NC(=O)c1cc(N)cc(OCC)c1. The van der Waals surface area contributed by atoms with Gasteiger partial charge in [-0.05, 0) is 32.9 Å². The Bertz CT molecular complexity index is 487. The van der Waals surface area contributed by atoms with Crippen molar-refractivity contribution in [2.24, 2.45) is 0 Å². The van der Waals surface area contributed by atoms with Crippen molar-refractivity contribution in [1.29, 1.82) is 0 Å². The first-order valence-electron chi connectivity index (χ1n) is 5.71. The van der Waals surface area contributed by atoms with Gasteiger partial charge >= 0.3 is 0 Å². The molecule has 0 aliphatic rings. The van der Waals surface area contributed by atoms with Crippen molar-refractivity contribution in [2.45, 2.75) is 26.3 Å². The van der Waals surface area contributed by atoms with E-state index in [0.717, 1.165) is 0 Å². The summed E-state index contributed by atoms with van der Waals surface area (Å²) >= 11 is 0. The third-order valence-corrected chi connectivity index (χ3v) is 2.29. The van der Waals surface area contributed by atoms with Crippen LogP contribution < -0.4 is 15.8 Å². The van der Waals surface area contributed by atoms with Crippen molar-refractivity contribution in [3.63, 3.8) is 0 Å². The standard InChI is InChI=1S/C14H18N2O2/c1-5-14(3,4)16-13(17)10-7-11(15)9-12(8-10)18-6-2/h1,7-9H,6,15H2,2-4H3,(H,16,17). The summed E-state index contributed by atoms with van der Waals surface area (Å²) in [5.41, 5.74) is 5.93. The summed E-state index contributed by atoms with van der Waals surface area (Å²) in [5, 5.41) is 2.73. The second-order valence-corrected chi connectivity index (χ2v) is 4.45. The minimum atomic E-state index is -0.701. The Morgan fingerprint density at radius 2 is 2.17 bits per heavy atom. The number of hydrogen-bond donors (Lipinski definition) is 2. The number of nitrogen functional groups attached to an aromatic ring is 1. The molecule has 0 unspecified atom stereocenters. The highest BCUT2D eigenvalue weighted by atomic mass is 16.5. The number of nitrogens with one attached hydrogen (secondary N) is 1. The van der Waals surface area contributed by atoms with E-state index in [9.17, 15) is 4.79 Å². The Morgan fingerprint density at radius 1 is 1.50 bits per heavy atom. The fraction of sp³-hybridized carbons (Fsp3) is 0.357. The molecule has 0 radical (unpaired) electrons. The second kappa shape index (κ2) is 5.46. The van der Waals surface area contributed by atoms with Crippen LogP contribution in [0.15, 0.2) is 18.2 Å². The third kappa shape index (κ3) is 3.70. The van der Waals surface area contributed by atoms with Crippen LogP contribution in [0.4, 0.5) is 5.69 Å². The van der Waals surface area contributed by atoms with Crippen LogP contribution in [0.3, 0.4) is 0 Å². The molecule has 0 saturated carbocycles. The van der Waals surface area contributed by atoms with Gasteiger partial charge in [0.05, 0.1) is 12.1 Å². The smallest absolute Gasteiger partial charge is 0.252 e. The van der Waals surface area contributed by atoms with Gasteiger partial charge in [-0.2, -0.15) is 0 Å². The number of terminal acetylenes is 1. The maximum atomic E-state index is 12.0. The Kier molecular flexibility index (Phi) is 4.22. The molecular formula is C14H18N2O2. The zero-order chi connectivity index (χ0) is 13.8. The van der Waals surface area contributed by atoms with E-state index < -0.39 is 5.54 Å². The molecule has 3 N–H and O–H groups in total. The summed E-state index contributed by atoms with van der Waals surface area (Å²) in [6.07, 6.45) is 5.33. The average molecular weight is 246 g/mol. The lowest BCUT2D eigenvalue weighted by molar-refractivity contribution is 0.0929. The molecular weight excluding hydrogens is 228 g/mol. The summed E-state index contributed by atoms with van der Waals surface area (Å²) in [4.78, 5) is 12.0. The van der Waals surface area contributed by atoms with Crippen LogP contribution in [-0.2, 0) is 0 Å². The van der Waals surface area contributed by atoms with E-state index in [-0.39, 0.29) is 5.91 Å². The maximum Gasteiger partial charge on any atom is 0.252 e. The zero-order valence-electron chi connectivity index (χ0n) is 10.9. The molecule has 0 bridgehead atoms. The van der Waals surface area contributed by atoms with Crippen molar-refractivity contribution in [1.82, 2.24) is 5.32 Å². The van der Waals surface area contributed by atoms with Crippen molar-refractivity contribution in [3.05, 3.63) is 23.8 Å². The van der Waals surface area contributed by atoms with E-state index in [0.29, 0.717) is 23.6 Å². The van der Waals surface area contributed by atoms with E-state index in [1.54, 1.807) is 32.0 Å². The predicted molar refractivity (Wildman–Crippen MR) is 72.4 cm³/mol. The van der Waals surface area contributed by atoms with Crippen LogP contribution in [0.25, 0.3) is 0 Å². The molecule has 18 heavy (non-hydrogen) atoms. The Labute approximate surface area is 108 Å². The molecule has 0 aliphatic heterocycles. The van der Waals surface area contributed by atoms with E-state index in [1.807, 2.05) is 6.92 Å². The summed E-state index contributed by atoms with van der Waals surface area (Å²) in [6, 6.07) is 4.90. The Morgan fingerprint density at radius 3 is 2.72 bits per heavy atom. The van der Waals surface area contributed by atoms with Gasteiger partial charge in [0.15, 0.2) is 0 Å². The number of ether oxygens (including phenoxy) is 1. The van der Waals surface area contributed by atoms with Crippen LogP contribution >= 0.6 is 0 Å². The van der Waals surface area contributed by atoms with Gasteiger partial charge in [0.25, 0.3) is 5.91 Å². The van der Waals surface area contributed by atoms with Gasteiger partial charge in [0, 0.05) is 17.3 Å². The monoisotopic (exact) mass is 246 g/mol. The summed E-state index contributed by atoms with van der Waals surface area (Å²) in [6.45, 7) is 5.88. The fourth-order valence-corrected chi connectivity index (χ4v) is 1.40. The predicted octanol–water partition coefficient (Wildman–Crippen LogP) is 1.81. The molecule has 0 atom stereocenters. The van der Waals surface area contributed by atoms with Gasteiger partial charge < -0.3 is 15.8 Å². The van der Waals surface area contributed by atoms with Gasteiger partial charge in [0.1, 0.15) is 5.75 Å². The molecule has 1 rings (SSSR count). The fourth-order valence-electron chi connectivity index (χ4n) is 1.40. The lowest BCUT2D eigenvalue weighted by Crippen LogP contribution is -2.42. The summed E-state index contributed by atoms with van der Waals surface area (Å²) in [5.74, 6) is 2.80. The molecule has 4 nitrogen and oxygen atoms in total. The first-order chi connectivity index (χ1) is 8.38.